The van der Waals surface area contributed by atoms with Crippen LogP contribution in [0, 0.1) is 6.92 Å². The van der Waals surface area contributed by atoms with Crippen LogP contribution in [0.1, 0.15) is 70.6 Å². The third kappa shape index (κ3) is 4.49. The Bertz CT molecular complexity index is 536. The minimum Gasteiger partial charge on any atom is -0.507 e. The van der Waals surface area contributed by atoms with Crippen molar-refractivity contribution >= 4 is 5.97 Å². The number of benzene rings is 1. The third-order valence-electron chi connectivity index (χ3n) is 4.30. The van der Waals surface area contributed by atoms with Gasteiger partial charge in [-0.3, -0.25) is 4.79 Å². The highest BCUT2D eigenvalue weighted by atomic mass is 16.5. The summed E-state index contributed by atoms with van der Waals surface area (Å²) in [5.74, 6) is 0.231. The molecule has 0 aromatic heterocycles. The van der Waals surface area contributed by atoms with Crippen LogP contribution >= 0.6 is 0 Å². The van der Waals surface area contributed by atoms with E-state index < -0.39 is 0 Å². The first-order chi connectivity index (χ1) is 9.99. The monoisotopic (exact) mass is 306 g/mol. The van der Waals surface area contributed by atoms with Crippen LogP contribution in [0.2, 0.25) is 0 Å². The van der Waals surface area contributed by atoms with Crippen LogP contribution in [-0.4, -0.2) is 18.2 Å². The molecular formula is C19H30O3. The van der Waals surface area contributed by atoms with E-state index in [0.717, 1.165) is 24.0 Å². The van der Waals surface area contributed by atoms with Gasteiger partial charge in [0.25, 0.3) is 0 Å². The lowest BCUT2D eigenvalue weighted by Gasteiger charge is -2.29. The number of phenolic OH excluding ortho intramolecular Hbond substituents is 1. The first-order valence-electron chi connectivity index (χ1n) is 7.90. The number of hydrogen-bond donors (Lipinski definition) is 1. The summed E-state index contributed by atoms with van der Waals surface area (Å²) in [6.45, 7) is 12.6. The van der Waals surface area contributed by atoms with Gasteiger partial charge in [-0.25, -0.2) is 0 Å². The predicted octanol–water partition coefficient (Wildman–Crippen LogP) is 4.62. The van der Waals surface area contributed by atoms with Crippen molar-refractivity contribution in [2.24, 2.45) is 0 Å². The predicted molar refractivity (Wildman–Crippen MR) is 90.4 cm³/mol. The van der Waals surface area contributed by atoms with Gasteiger partial charge < -0.3 is 9.84 Å². The summed E-state index contributed by atoms with van der Waals surface area (Å²) >= 11 is 0. The first-order valence-corrected chi connectivity index (χ1v) is 7.90. The van der Waals surface area contributed by atoms with Crippen molar-refractivity contribution < 1.29 is 14.6 Å². The lowest BCUT2D eigenvalue weighted by molar-refractivity contribution is -0.140. The van der Waals surface area contributed by atoms with Crippen LogP contribution in [0.4, 0.5) is 0 Å². The lowest BCUT2D eigenvalue weighted by atomic mass is 9.76. The topological polar surface area (TPSA) is 46.5 Å². The summed E-state index contributed by atoms with van der Waals surface area (Å²) in [7, 11) is 1.42. The summed E-state index contributed by atoms with van der Waals surface area (Å²) in [5, 5.41) is 10.3. The highest BCUT2D eigenvalue weighted by Gasteiger charge is 2.26. The van der Waals surface area contributed by atoms with Crippen LogP contribution in [-0.2, 0) is 20.4 Å². The maximum Gasteiger partial charge on any atom is 0.305 e. The van der Waals surface area contributed by atoms with Crippen molar-refractivity contribution in [1.29, 1.82) is 0 Å². The number of rotatable bonds is 5. The standard InChI is InChI=1S/C19H30O3/c1-13-11-14(12-15(17(13)21)18(2,3)4)19(5,6)10-8-9-16(20)22-7/h11-12,21H,8-10H2,1-7H3. The second-order valence-electron chi connectivity index (χ2n) is 7.75. The summed E-state index contributed by atoms with van der Waals surface area (Å²) in [6.07, 6.45) is 2.14. The number of phenols is 1. The second-order valence-corrected chi connectivity index (χ2v) is 7.75. The van der Waals surface area contributed by atoms with Gasteiger partial charge in [-0.05, 0) is 47.3 Å². The van der Waals surface area contributed by atoms with E-state index >= 15 is 0 Å². The van der Waals surface area contributed by atoms with Gasteiger partial charge in [0, 0.05) is 6.42 Å². The number of aromatic hydroxyl groups is 1. The van der Waals surface area contributed by atoms with E-state index in [1.54, 1.807) is 0 Å². The molecule has 0 unspecified atom stereocenters. The Balaban J connectivity index is 3.04. The Morgan fingerprint density at radius 3 is 2.27 bits per heavy atom. The molecule has 124 valence electrons. The van der Waals surface area contributed by atoms with Crippen LogP contribution in [0.25, 0.3) is 0 Å². The van der Waals surface area contributed by atoms with Crippen LogP contribution in [0.5, 0.6) is 5.75 Å². The maximum atomic E-state index is 11.3. The number of esters is 1. The third-order valence-corrected chi connectivity index (χ3v) is 4.30. The molecule has 1 aromatic carbocycles. The zero-order valence-electron chi connectivity index (χ0n) is 15.0. The normalized spacial score (nSPS) is 12.3. The molecular weight excluding hydrogens is 276 g/mol. The maximum absolute atomic E-state index is 11.3. The number of methoxy groups -OCH3 is 1. The van der Waals surface area contributed by atoms with E-state index in [2.05, 4.69) is 46.8 Å². The summed E-state index contributed by atoms with van der Waals surface area (Å²) < 4.78 is 4.70. The minimum absolute atomic E-state index is 0.0491. The molecule has 0 radical (unpaired) electrons. The van der Waals surface area contributed by atoms with E-state index in [1.165, 1.54) is 12.7 Å². The van der Waals surface area contributed by atoms with Gasteiger partial charge in [0.05, 0.1) is 7.11 Å². The Labute approximate surface area is 134 Å². The molecule has 0 heterocycles. The number of carbonyl (C=O) groups excluding carboxylic acids is 1. The van der Waals surface area contributed by atoms with Gasteiger partial charge in [0.1, 0.15) is 5.75 Å². The zero-order chi connectivity index (χ0) is 17.1. The molecule has 0 bridgehead atoms. The molecule has 0 spiro atoms. The number of ether oxygens (including phenoxy) is 1. The SMILES string of the molecule is COC(=O)CCCC(C)(C)c1cc(C)c(O)c(C(C)(C)C)c1. The van der Waals surface area contributed by atoms with Gasteiger partial charge >= 0.3 is 5.97 Å². The highest BCUT2D eigenvalue weighted by Crippen LogP contribution is 2.38. The molecule has 0 saturated carbocycles. The van der Waals surface area contributed by atoms with Crippen molar-refractivity contribution in [1.82, 2.24) is 0 Å². The summed E-state index contributed by atoms with van der Waals surface area (Å²) in [4.78, 5) is 11.3. The van der Waals surface area contributed by atoms with Gasteiger partial charge in [-0.2, -0.15) is 0 Å². The van der Waals surface area contributed by atoms with Crippen LogP contribution < -0.4 is 0 Å². The van der Waals surface area contributed by atoms with E-state index in [1.807, 2.05) is 6.92 Å². The molecule has 0 saturated heterocycles. The fourth-order valence-electron chi connectivity index (χ4n) is 2.66. The molecule has 0 aliphatic carbocycles. The van der Waals surface area contributed by atoms with E-state index in [9.17, 15) is 9.90 Å². The van der Waals surface area contributed by atoms with Crippen molar-refractivity contribution in [3.63, 3.8) is 0 Å². The van der Waals surface area contributed by atoms with Gasteiger partial charge in [-0.1, -0.05) is 46.8 Å². The van der Waals surface area contributed by atoms with Crippen molar-refractivity contribution in [3.05, 3.63) is 28.8 Å². The molecule has 1 aromatic rings. The Kier molecular flexibility index (Phi) is 5.66. The summed E-state index contributed by atoms with van der Waals surface area (Å²) in [6, 6.07) is 4.17. The number of carbonyl (C=O) groups is 1. The molecule has 0 aliphatic heterocycles. The molecule has 0 amide bonds. The van der Waals surface area contributed by atoms with Crippen molar-refractivity contribution in [2.75, 3.05) is 7.11 Å². The lowest BCUT2D eigenvalue weighted by Crippen LogP contribution is -2.20. The van der Waals surface area contributed by atoms with Crippen molar-refractivity contribution in [2.45, 2.75) is 71.6 Å². The van der Waals surface area contributed by atoms with Crippen LogP contribution in [0.15, 0.2) is 12.1 Å². The zero-order valence-corrected chi connectivity index (χ0v) is 15.0. The molecule has 0 aliphatic rings. The van der Waals surface area contributed by atoms with Crippen LogP contribution in [0.3, 0.4) is 0 Å². The molecule has 3 nitrogen and oxygen atoms in total. The van der Waals surface area contributed by atoms with E-state index in [0.29, 0.717) is 12.2 Å². The fourth-order valence-corrected chi connectivity index (χ4v) is 2.66. The van der Waals surface area contributed by atoms with Crippen molar-refractivity contribution in [3.8, 4) is 5.75 Å². The molecule has 3 heteroatoms. The molecule has 22 heavy (non-hydrogen) atoms. The summed E-state index contributed by atoms with van der Waals surface area (Å²) in [5.41, 5.74) is 2.93. The highest BCUT2D eigenvalue weighted by molar-refractivity contribution is 5.69. The largest absolute Gasteiger partial charge is 0.507 e. The smallest absolute Gasteiger partial charge is 0.305 e. The quantitative estimate of drug-likeness (QED) is 0.807. The molecule has 0 fully saturated rings. The van der Waals surface area contributed by atoms with E-state index in [-0.39, 0.29) is 16.8 Å². The van der Waals surface area contributed by atoms with Gasteiger partial charge in [-0.15, -0.1) is 0 Å². The first kappa shape index (κ1) is 18.5. The van der Waals surface area contributed by atoms with Gasteiger partial charge in [0.15, 0.2) is 0 Å². The molecule has 1 rings (SSSR count). The number of hydrogen-bond acceptors (Lipinski definition) is 3. The average Bonchev–Trinajstić information content (AvgIpc) is 2.39. The minimum atomic E-state index is -0.159. The average molecular weight is 306 g/mol. The molecule has 0 atom stereocenters. The van der Waals surface area contributed by atoms with Gasteiger partial charge in [0.2, 0.25) is 0 Å². The number of aryl methyl sites for hydroxylation is 1. The molecule has 1 N–H and O–H groups in total. The fraction of sp³-hybridized carbons (Fsp3) is 0.632. The Hall–Kier alpha value is -1.51. The Morgan fingerprint density at radius 2 is 1.77 bits per heavy atom. The Morgan fingerprint density at radius 1 is 1.18 bits per heavy atom. The second kappa shape index (κ2) is 6.72. The van der Waals surface area contributed by atoms with E-state index in [4.69, 9.17) is 4.74 Å².